The van der Waals surface area contributed by atoms with Gasteiger partial charge in [0.25, 0.3) is 0 Å². The molecular weight excluding hydrogens is 402 g/mol. The van der Waals surface area contributed by atoms with Crippen molar-refractivity contribution in [2.45, 2.75) is 32.3 Å². The third kappa shape index (κ3) is 6.33. The van der Waals surface area contributed by atoms with E-state index in [-0.39, 0.29) is 12.5 Å². The van der Waals surface area contributed by atoms with E-state index in [2.05, 4.69) is 20.1 Å². The molecule has 2 saturated heterocycles. The van der Waals surface area contributed by atoms with Crippen LogP contribution in [0.15, 0.2) is 29.3 Å². The van der Waals surface area contributed by atoms with Gasteiger partial charge < -0.3 is 20.2 Å². The van der Waals surface area contributed by atoms with Gasteiger partial charge in [0.2, 0.25) is 5.91 Å². The number of hydrogen-bond acceptors (Lipinski definition) is 4. The lowest BCUT2D eigenvalue weighted by Gasteiger charge is -2.37. The van der Waals surface area contributed by atoms with E-state index in [1.54, 1.807) is 6.07 Å². The van der Waals surface area contributed by atoms with Gasteiger partial charge in [-0.15, -0.1) is 0 Å². The van der Waals surface area contributed by atoms with E-state index in [1.165, 1.54) is 6.42 Å². The molecule has 1 unspecified atom stereocenters. The molecule has 0 radical (unpaired) electrons. The zero-order chi connectivity index (χ0) is 21.3. The van der Waals surface area contributed by atoms with E-state index in [0.29, 0.717) is 17.1 Å². The fourth-order valence-electron chi connectivity index (χ4n) is 3.99. The molecule has 0 aliphatic carbocycles. The zero-order valence-corrected chi connectivity index (χ0v) is 18.7. The Morgan fingerprint density at radius 3 is 2.47 bits per heavy atom. The van der Waals surface area contributed by atoms with E-state index >= 15 is 0 Å². The van der Waals surface area contributed by atoms with Gasteiger partial charge in [0, 0.05) is 56.4 Å². The van der Waals surface area contributed by atoms with Gasteiger partial charge in [-0.3, -0.25) is 14.7 Å². The topological polar surface area (TPSA) is 71.4 Å². The number of rotatable bonds is 6. The van der Waals surface area contributed by atoms with Crippen LogP contribution in [0.3, 0.4) is 0 Å². The molecule has 0 aromatic heterocycles. The molecule has 2 aliphatic rings. The van der Waals surface area contributed by atoms with Gasteiger partial charge >= 0.3 is 0 Å². The van der Waals surface area contributed by atoms with E-state index in [4.69, 9.17) is 11.6 Å². The van der Waals surface area contributed by atoms with Crippen LogP contribution in [0, 0.1) is 0 Å². The monoisotopic (exact) mass is 435 g/mol. The molecule has 1 aromatic rings. The molecule has 2 N–H and O–H groups in total. The SMILES string of the molecule is CCNC(=NCC(O)c1ccccc1Cl)N1CCN(CC(=O)N2CCCCC2)CC1. The van der Waals surface area contributed by atoms with Crippen molar-refractivity contribution in [1.29, 1.82) is 0 Å². The summed E-state index contributed by atoms with van der Waals surface area (Å²) in [5.74, 6) is 1.05. The maximum atomic E-state index is 12.5. The van der Waals surface area contributed by atoms with E-state index in [1.807, 2.05) is 30.0 Å². The number of nitrogens with one attached hydrogen (secondary N) is 1. The Hall–Kier alpha value is -1.83. The van der Waals surface area contributed by atoms with Crippen molar-refractivity contribution in [2.24, 2.45) is 4.99 Å². The molecule has 30 heavy (non-hydrogen) atoms. The Morgan fingerprint density at radius 2 is 1.80 bits per heavy atom. The minimum absolute atomic E-state index is 0.250. The minimum atomic E-state index is -0.740. The third-order valence-corrected chi connectivity index (χ3v) is 6.10. The van der Waals surface area contributed by atoms with Crippen molar-refractivity contribution < 1.29 is 9.90 Å². The third-order valence-electron chi connectivity index (χ3n) is 5.75. The van der Waals surface area contributed by atoms with E-state index < -0.39 is 6.10 Å². The molecule has 0 bridgehead atoms. The van der Waals surface area contributed by atoms with E-state index in [9.17, 15) is 9.90 Å². The number of guanidine groups is 1. The van der Waals surface area contributed by atoms with Gasteiger partial charge in [0.15, 0.2) is 5.96 Å². The number of halogens is 1. The molecule has 8 heteroatoms. The van der Waals surface area contributed by atoms with Crippen LogP contribution in [0.1, 0.15) is 37.9 Å². The first kappa shape index (κ1) is 22.8. The molecule has 7 nitrogen and oxygen atoms in total. The highest BCUT2D eigenvalue weighted by Crippen LogP contribution is 2.22. The second-order valence-corrected chi connectivity index (χ2v) is 8.34. The maximum absolute atomic E-state index is 12.5. The predicted octanol–water partition coefficient (Wildman–Crippen LogP) is 1.97. The van der Waals surface area contributed by atoms with Gasteiger partial charge in [-0.05, 0) is 32.3 Å². The minimum Gasteiger partial charge on any atom is -0.386 e. The molecule has 1 atom stereocenters. The predicted molar refractivity (Wildman–Crippen MR) is 121 cm³/mol. The number of carbonyl (C=O) groups excluding carboxylic acids is 1. The maximum Gasteiger partial charge on any atom is 0.236 e. The summed E-state index contributed by atoms with van der Waals surface area (Å²) in [6.07, 6.45) is 2.75. The molecule has 0 spiro atoms. The normalized spacial score (nSPS) is 19.6. The first-order valence-electron chi connectivity index (χ1n) is 11.0. The standard InChI is InChI=1S/C22H34ClN5O2/c1-2-24-22(25-16-20(29)18-8-4-5-9-19(18)23)28-14-12-26(13-15-28)17-21(30)27-10-6-3-7-11-27/h4-5,8-9,20,29H,2-3,6-7,10-17H2,1H3,(H,24,25). The summed E-state index contributed by atoms with van der Waals surface area (Å²) in [4.78, 5) is 23.6. The van der Waals surface area contributed by atoms with Crippen molar-refractivity contribution in [3.63, 3.8) is 0 Å². The first-order valence-corrected chi connectivity index (χ1v) is 11.4. The number of aliphatic hydroxyl groups excluding tert-OH is 1. The summed E-state index contributed by atoms with van der Waals surface area (Å²) in [6, 6.07) is 7.32. The number of amides is 1. The van der Waals surface area contributed by atoms with Crippen LogP contribution in [-0.4, -0.2) is 90.6 Å². The average molecular weight is 436 g/mol. The lowest BCUT2D eigenvalue weighted by Crippen LogP contribution is -2.54. The second kappa shape index (κ2) is 11.5. The van der Waals surface area contributed by atoms with Crippen LogP contribution in [0.25, 0.3) is 0 Å². The number of aliphatic imine (C=N–C) groups is 1. The number of likely N-dealkylation sites (tertiary alicyclic amines) is 1. The molecule has 1 aromatic carbocycles. The molecule has 2 aliphatic heterocycles. The lowest BCUT2D eigenvalue weighted by molar-refractivity contribution is -0.133. The van der Waals surface area contributed by atoms with Crippen molar-refractivity contribution in [1.82, 2.24) is 20.0 Å². The second-order valence-electron chi connectivity index (χ2n) is 7.94. The Morgan fingerprint density at radius 1 is 1.10 bits per heavy atom. The fraction of sp³-hybridized carbons (Fsp3) is 0.636. The summed E-state index contributed by atoms with van der Waals surface area (Å²) >= 11 is 6.19. The molecule has 2 heterocycles. The fourth-order valence-corrected chi connectivity index (χ4v) is 4.26. The summed E-state index contributed by atoms with van der Waals surface area (Å²) in [7, 11) is 0. The van der Waals surface area contributed by atoms with Gasteiger partial charge in [-0.2, -0.15) is 0 Å². The molecule has 0 saturated carbocycles. The van der Waals surface area contributed by atoms with Crippen LogP contribution < -0.4 is 5.32 Å². The Kier molecular flexibility index (Phi) is 8.78. The van der Waals surface area contributed by atoms with Crippen molar-refractivity contribution >= 4 is 23.5 Å². The molecule has 166 valence electrons. The number of piperidine rings is 1. The van der Waals surface area contributed by atoms with Crippen LogP contribution in [-0.2, 0) is 4.79 Å². The Bertz CT molecular complexity index is 715. The van der Waals surface area contributed by atoms with Gasteiger partial charge in [-0.25, -0.2) is 0 Å². The highest BCUT2D eigenvalue weighted by molar-refractivity contribution is 6.31. The van der Waals surface area contributed by atoms with Crippen molar-refractivity contribution in [3.8, 4) is 0 Å². The molecule has 2 fully saturated rings. The smallest absolute Gasteiger partial charge is 0.236 e. The van der Waals surface area contributed by atoms with Crippen LogP contribution >= 0.6 is 11.6 Å². The number of piperazine rings is 1. The van der Waals surface area contributed by atoms with Crippen LogP contribution in [0.5, 0.6) is 0 Å². The van der Waals surface area contributed by atoms with Crippen LogP contribution in [0.4, 0.5) is 0 Å². The zero-order valence-electron chi connectivity index (χ0n) is 17.9. The van der Waals surface area contributed by atoms with Gasteiger partial charge in [-0.1, -0.05) is 29.8 Å². The number of nitrogens with zero attached hydrogens (tertiary/aromatic N) is 4. The largest absolute Gasteiger partial charge is 0.386 e. The number of benzene rings is 1. The highest BCUT2D eigenvalue weighted by atomic mass is 35.5. The number of carbonyl (C=O) groups is 1. The summed E-state index contributed by atoms with van der Waals surface area (Å²) in [5.41, 5.74) is 0.694. The van der Waals surface area contributed by atoms with Gasteiger partial charge in [0.1, 0.15) is 6.10 Å². The molecule has 3 rings (SSSR count). The number of aliphatic hydroxyl groups is 1. The van der Waals surface area contributed by atoms with Crippen molar-refractivity contribution in [3.05, 3.63) is 34.9 Å². The molecular formula is C22H34ClN5O2. The number of hydrogen-bond donors (Lipinski definition) is 2. The highest BCUT2D eigenvalue weighted by Gasteiger charge is 2.24. The Balaban J connectivity index is 1.51. The van der Waals surface area contributed by atoms with E-state index in [0.717, 1.165) is 64.6 Å². The average Bonchev–Trinajstić information content (AvgIpc) is 2.78. The summed E-state index contributed by atoms with van der Waals surface area (Å²) in [5, 5.41) is 14.4. The Labute approximate surface area is 184 Å². The summed E-state index contributed by atoms with van der Waals surface area (Å²) in [6.45, 7) is 8.64. The van der Waals surface area contributed by atoms with Gasteiger partial charge in [0.05, 0.1) is 13.1 Å². The summed E-state index contributed by atoms with van der Waals surface area (Å²) < 4.78 is 0. The molecule has 1 amide bonds. The lowest BCUT2D eigenvalue weighted by atomic mass is 10.1. The first-order chi connectivity index (χ1) is 14.6. The van der Waals surface area contributed by atoms with Crippen LogP contribution in [0.2, 0.25) is 5.02 Å². The quantitative estimate of drug-likeness (QED) is 0.528. The van der Waals surface area contributed by atoms with Crippen molar-refractivity contribution in [2.75, 3.05) is 58.9 Å².